The lowest BCUT2D eigenvalue weighted by molar-refractivity contribution is 0.0953. The first-order chi connectivity index (χ1) is 6.61. The molecule has 4 nitrogen and oxygen atoms in total. The van der Waals surface area contributed by atoms with Crippen LogP contribution in [-0.4, -0.2) is 17.4 Å². The van der Waals surface area contributed by atoms with Gasteiger partial charge in [0, 0.05) is 11.2 Å². The second-order valence-corrected chi connectivity index (χ2v) is 3.18. The number of aromatic nitrogens is 1. The van der Waals surface area contributed by atoms with E-state index in [-0.39, 0.29) is 18.1 Å². The molecule has 0 aliphatic rings. The molecule has 0 aromatic carbocycles. The van der Waals surface area contributed by atoms with Crippen LogP contribution >= 0.6 is 11.6 Å². The zero-order chi connectivity index (χ0) is 10.6. The van der Waals surface area contributed by atoms with Crippen LogP contribution in [0, 0.1) is 0 Å². The summed E-state index contributed by atoms with van der Waals surface area (Å²) in [4.78, 5) is 15.3. The van der Waals surface area contributed by atoms with Crippen molar-refractivity contribution in [2.24, 2.45) is 0 Å². The van der Waals surface area contributed by atoms with Gasteiger partial charge in [0.25, 0.3) is 5.91 Å². The number of nitrogens with zero attached hydrogens (tertiary/aromatic N) is 1. The fourth-order valence-electron chi connectivity index (χ4n) is 0.867. The van der Waals surface area contributed by atoms with Crippen molar-refractivity contribution in [2.45, 2.75) is 0 Å². The Morgan fingerprint density at radius 1 is 1.71 bits per heavy atom. The Labute approximate surface area is 86.8 Å². The van der Waals surface area contributed by atoms with Gasteiger partial charge >= 0.3 is 0 Å². The second-order valence-electron chi connectivity index (χ2n) is 2.64. The predicted molar refractivity (Wildman–Crippen MR) is 56.0 cm³/mol. The van der Waals surface area contributed by atoms with Crippen LogP contribution in [0.1, 0.15) is 10.5 Å². The van der Waals surface area contributed by atoms with E-state index >= 15 is 0 Å². The molecule has 1 rings (SSSR count). The number of rotatable bonds is 3. The molecule has 5 heteroatoms. The monoisotopic (exact) mass is 211 g/mol. The molecule has 74 valence electrons. The summed E-state index contributed by atoms with van der Waals surface area (Å²) in [6, 6.07) is 3.27. The van der Waals surface area contributed by atoms with Crippen LogP contribution in [0.15, 0.2) is 29.9 Å². The molecule has 0 unspecified atom stereocenters. The van der Waals surface area contributed by atoms with Crippen molar-refractivity contribution in [1.29, 1.82) is 0 Å². The summed E-state index contributed by atoms with van der Waals surface area (Å²) in [6.07, 6.45) is 1.50. The average Bonchev–Trinajstić information content (AvgIpc) is 2.15. The lowest BCUT2D eigenvalue weighted by atomic mass is 10.3. The van der Waals surface area contributed by atoms with Crippen molar-refractivity contribution < 1.29 is 4.79 Å². The number of carbonyl (C=O) groups is 1. The number of pyridine rings is 1. The maximum Gasteiger partial charge on any atom is 0.272 e. The predicted octanol–water partition coefficient (Wildman–Crippen LogP) is 1.15. The quantitative estimate of drug-likeness (QED) is 0.788. The van der Waals surface area contributed by atoms with E-state index in [1.54, 1.807) is 12.1 Å². The van der Waals surface area contributed by atoms with E-state index in [0.717, 1.165) is 0 Å². The molecule has 0 aliphatic heterocycles. The van der Waals surface area contributed by atoms with Crippen molar-refractivity contribution in [3.05, 3.63) is 35.6 Å². The standard InChI is InChI=1S/C9H10ClN3O/c1-6(10)5-13-9(14)8-7(11)3-2-4-12-8/h2-4H,1,5,11H2,(H,13,14). The fraction of sp³-hybridized carbons (Fsp3) is 0.111. The molecule has 1 amide bonds. The highest BCUT2D eigenvalue weighted by Gasteiger charge is 2.09. The highest BCUT2D eigenvalue weighted by atomic mass is 35.5. The highest BCUT2D eigenvalue weighted by Crippen LogP contribution is 2.06. The van der Waals surface area contributed by atoms with Crippen LogP contribution in [0.25, 0.3) is 0 Å². The van der Waals surface area contributed by atoms with Crippen LogP contribution in [0.5, 0.6) is 0 Å². The van der Waals surface area contributed by atoms with Crippen molar-refractivity contribution >= 4 is 23.2 Å². The van der Waals surface area contributed by atoms with Crippen LogP contribution < -0.4 is 11.1 Å². The third-order valence-electron chi connectivity index (χ3n) is 1.49. The molecular weight excluding hydrogens is 202 g/mol. The third kappa shape index (κ3) is 2.74. The Hall–Kier alpha value is -1.55. The Morgan fingerprint density at radius 3 is 3.00 bits per heavy atom. The van der Waals surface area contributed by atoms with Crippen molar-refractivity contribution in [3.63, 3.8) is 0 Å². The Balaban J connectivity index is 2.70. The van der Waals surface area contributed by atoms with Gasteiger partial charge in [0.15, 0.2) is 5.69 Å². The number of carbonyl (C=O) groups excluding carboxylic acids is 1. The highest BCUT2D eigenvalue weighted by molar-refractivity contribution is 6.29. The van der Waals surface area contributed by atoms with Crippen LogP contribution in [0.4, 0.5) is 5.69 Å². The topological polar surface area (TPSA) is 68.0 Å². The van der Waals surface area contributed by atoms with Gasteiger partial charge in [-0.25, -0.2) is 4.98 Å². The van der Waals surface area contributed by atoms with Crippen molar-refractivity contribution in [2.75, 3.05) is 12.3 Å². The molecule has 0 bridgehead atoms. The number of hydrogen-bond donors (Lipinski definition) is 2. The summed E-state index contributed by atoms with van der Waals surface area (Å²) in [5.41, 5.74) is 6.09. The number of amides is 1. The van der Waals surface area contributed by atoms with E-state index in [4.69, 9.17) is 17.3 Å². The Kier molecular flexibility index (Phi) is 3.48. The molecule has 1 aromatic rings. The molecule has 0 saturated carbocycles. The molecule has 0 radical (unpaired) electrons. The van der Waals surface area contributed by atoms with E-state index < -0.39 is 0 Å². The fourth-order valence-corrected chi connectivity index (χ4v) is 0.934. The summed E-state index contributed by atoms with van der Waals surface area (Å²) < 4.78 is 0. The minimum atomic E-state index is -0.357. The van der Waals surface area contributed by atoms with Gasteiger partial charge in [0.05, 0.1) is 12.2 Å². The first-order valence-electron chi connectivity index (χ1n) is 3.93. The summed E-state index contributed by atoms with van der Waals surface area (Å²) >= 11 is 5.49. The SMILES string of the molecule is C=C(Cl)CNC(=O)c1ncccc1N. The first kappa shape index (κ1) is 10.5. The van der Waals surface area contributed by atoms with Gasteiger partial charge < -0.3 is 11.1 Å². The molecule has 1 heterocycles. The lowest BCUT2D eigenvalue weighted by Crippen LogP contribution is -2.26. The van der Waals surface area contributed by atoms with E-state index in [0.29, 0.717) is 10.7 Å². The zero-order valence-corrected chi connectivity index (χ0v) is 8.21. The number of anilines is 1. The summed E-state index contributed by atoms with van der Waals surface area (Å²) in [5, 5.41) is 2.88. The minimum absolute atomic E-state index is 0.199. The summed E-state index contributed by atoms with van der Waals surface area (Å²) in [7, 11) is 0. The van der Waals surface area contributed by atoms with Gasteiger partial charge in [-0.3, -0.25) is 4.79 Å². The number of hydrogen-bond acceptors (Lipinski definition) is 3. The average molecular weight is 212 g/mol. The van der Waals surface area contributed by atoms with Crippen LogP contribution in [-0.2, 0) is 0 Å². The third-order valence-corrected chi connectivity index (χ3v) is 1.63. The number of nitrogens with one attached hydrogen (secondary N) is 1. The van der Waals surface area contributed by atoms with Crippen molar-refractivity contribution in [1.82, 2.24) is 10.3 Å². The minimum Gasteiger partial charge on any atom is -0.397 e. The number of nitrogens with two attached hydrogens (primary N) is 1. The maximum absolute atomic E-state index is 11.4. The normalized spacial score (nSPS) is 9.50. The summed E-state index contributed by atoms with van der Waals surface area (Å²) in [6.45, 7) is 3.65. The second kappa shape index (κ2) is 4.62. The van der Waals surface area contributed by atoms with Crippen LogP contribution in [0.2, 0.25) is 0 Å². The number of nitrogen functional groups attached to an aromatic ring is 1. The number of halogens is 1. The molecule has 0 aliphatic carbocycles. The summed E-state index contributed by atoms with van der Waals surface area (Å²) in [5.74, 6) is -0.357. The molecule has 14 heavy (non-hydrogen) atoms. The Morgan fingerprint density at radius 2 is 2.43 bits per heavy atom. The Bertz CT molecular complexity index is 365. The van der Waals surface area contributed by atoms with Gasteiger partial charge in [-0.15, -0.1) is 0 Å². The molecule has 0 fully saturated rings. The molecule has 0 spiro atoms. The van der Waals surface area contributed by atoms with E-state index in [1.165, 1.54) is 6.20 Å². The van der Waals surface area contributed by atoms with Crippen molar-refractivity contribution in [3.8, 4) is 0 Å². The van der Waals surface area contributed by atoms with E-state index in [9.17, 15) is 4.79 Å². The molecular formula is C9H10ClN3O. The molecule has 0 saturated heterocycles. The largest absolute Gasteiger partial charge is 0.397 e. The lowest BCUT2D eigenvalue weighted by Gasteiger charge is -2.04. The van der Waals surface area contributed by atoms with E-state index in [2.05, 4.69) is 16.9 Å². The van der Waals surface area contributed by atoms with Gasteiger partial charge in [-0.1, -0.05) is 18.2 Å². The first-order valence-corrected chi connectivity index (χ1v) is 4.31. The van der Waals surface area contributed by atoms with Gasteiger partial charge in [-0.2, -0.15) is 0 Å². The maximum atomic E-state index is 11.4. The zero-order valence-electron chi connectivity index (χ0n) is 7.46. The van der Waals surface area contributed by atoms with Gasteiger partial charge in [0.2, 0.25) is 0 Å². The molecule has 0 atom stereocenters. The van der Waals surface area contributed by atoms with Crippen LogP contribution in [0.3, 0.4) is 0 Å². The van der Waals surface area contributed by atoms with Gasteiger partial charge in [-0.05, 0) is 12.1 Å². The molecule has 1 aromatic heterocycles. The van der Waals surface area contributed by atoms with E-state index in [1.807, 2.05) is 0 Å². The van der Waals surface area contributed by atoms with Gasteiger partial charge in [0.1, 0.15) is 0 Å². The molecule has 3 N–H and O–H groups in total. The smallest absolute Gasteiger partial charge is 0.272 e.